The van der Waals surface area contributed by atoms with Crippen LogP contribution in [0.5, 0.6) is 5.75 Å². The van der Waals surface area contributed by atoms with Crippen molar-refractivity contribution in [1.29, 1.82) is 0 Å². The van der Waals surface area contributed by atoms with Crippen molar-refractivity contribution in [3.63, 3.8) is 0 Å². The van der Waals surface area contributed by atoms with E-state index in [9.17, 15) is 9.90 Å². The van der Waals surface area contributed by atoms with Gasteiger partial charge in [-0.3, -0.25) is 4.79 Å². The van der Waals surface area contributed by atoms with Crippen LogP contribution in [0, 0.1) is 0 Å². The van der Waals surface area contributed by atoms with Gasteiger partial charge in [0.05, 0.1) is 19.0 Å². The minimum Gasteiger partial charge on any atom is -0.494 e. The molecule has 1 amide bonds. The molecule has 4 nitrogen and oxygen atoms in total. The number of hydrogen-bond donors (Lipinski definition) is 2. The maximum atomic E-state index is 11.4. The Morgan fingerprint density at radius 3 is 2.88 bits per heavy atom. The molecule has 17 heavy (non-hydrogen) atoms. The standard InChI is InChI=1S/C12H17NO3S/c1-3-16-11-5-4-10(6-9(11)7-14)13-12(15)8-17-2/h4-6,14H,3,7-8H2,1-2H3,(H,13,15). The molecule has 94 valence electrons. The molecule has 0 unspecified atom stereocenters. The number of amides is 1. The number of rotatable bonds is 6. The lowest BCUT2D eigenvalue weighted by atomic mass is 10.2. The Morgan fingerprint density at radius 1 is 1.53 bits per heavy atom. The van der Waals surface area contributed by atoms with Crippen LogP contribution in [0.15, 0.2) is 18.2 Å². The Bertz CT molecular complexity index is 382. The fourth-order valence-corrected chi connectivity index (χ4v) is 1.74. The minimum absolute atomic E-state index is 0.0504. The van der Waals surface area contributed by atoms with Gasteiger partial charge in [-0.1, -0.05) is 0 Å². The predicted molar refractivity (Wildman–Crippen MR) is 70.5 cm³/mol. The maximum absolute atomic E-state index is 11.4. The van der Waals surface area contributed by atoms with Gasteiger partial charge in [-0.15, -0.1) is 0 Å². The van der Waals surface area contributed by atoms with Crippen LogP contribution in [0.3, 0.4) is 0 Å². The van der Waals surface area contributed by atoms with Crippen molar-refractivity contribution in [2.75, 3.05) is 23.9 Å². The van der Waals surface area contributed by atoms with Crippen molar-refractivity contribution in [1.82, 2.24) is 0 Å². The van der Waals surface area contributed by atoms with Crippen LogP contribution in [0.25, 0.3) is 0 Å². The zero-order valence-electron chi connectivity index (χ0n) is 10.0. The fraction of sp³-hybridized carbons (Fsp3) is 0.417. The molecule has 0 bridgehead atoms. The van der Waals surface area contributed by atoms with Crippen molar-refractivity contribution >= 4 is 23.4 Å². The van der Waals surface area contributed by atoms with Gasteiger partial charge in [0.2, 0.25) is 5.91 Å². The van der Waals surface area contributed by atoms with Gasteiger partial charge in [0.15, 0.2) is 0 Å². The summed E-state index contributed by atoms with van der Waals surface area (Å²) in [6.07, 6.45) is 1.87. The van der Waals surface area contributed by atoms with E-state index in [0.29, 0.717) is 29.4 Å². The van der Waals surface area contributed by atoms with E-state index in [0.717, 1.165) is 0 Å². The third kappa shape index (κ3) is 4.28. The molecule has 1 aromatic rings. The van der Waals surface area contributed by atoms with Gasteiger partial charge in [-0.25, -0.2) is 0 Å². The monoisotopic (exact) mass is 255 g/mol. The van der Waals surface area contributed by atoms with Gasteiger partial charge in [0.25, 0.3) is 0 Å². The van der Waals surface area contributed by atoms with Gasteiger partial charge < -0.3 is 15.2 Å². The number of hydrogen-bond acceptors (Lipinski definition) is 4. The van der Waals surface area contributed by atoms with Crippen molar-refractivity contribution in [2.45, 2.75) is 13.5 Å². The van der Waals surface area contributed by atoms with Crippen molar-refractivity contribution in [2.24, 2.45) is 0 Å². The molecule has 1 rings (SSSR count). The van der Waals surface area contributed by atoms with Crippen LogP contribution in [-0.4, -0.2) is 29.6 Å². The Hall–Kier alpha value is -1.20. The lowest BCUT2D eigenvalue weighted by Gasteiger charge is -2.11. The van der Waals surface area contributed by atoms with E-state index in [4.69, 9.17) is 4.74 Å². The van der Waals surface area contributed by atoms with E-state index >= 15 is 0 Å². The number of anilines is 1. The third-order valence-corrected chi connectivity index (χ3v) is 2.64. The molecule has 0 radical (unpaired) electrons. The number of aliphatic hydroxyl groups excluding tert-OH is 1. The van der Waals surface area contributed by atoms with Gasteiger partial charge in [0, 0.05) is 11.3 Å². The average molecular weight is 255 g/mol. The van der Waals surface area contributed by atoms with Crippen LogP contribution in [0.4, 0.5) is 5.69 Å². The summed E-state index contributed by atoms with van der Waals surface area (Å²) in [5, 5.41) is 12.0. The van der Waals surface area contributed by atoms with Crippen molar-refractivity contribution in [3.8, 4) is 5.75 Å². The first-order valence-corrected chi connectivity index (χ1v) is 6.76. The first-order valence-electron chi connectivity index (χ1n) is 5.36. The van der Waals surface area contributed by atoms with Gasteiger partial charge in [-0.05, 0) is 31.4 Å². The molecule has 0 aromatic heterocycles. The summed E-state index contributed by atoms with van der Waals surface area (Å²) in [5.74, 6) is 1.02. The summed E-state index contributed by atoms with van der Waals surface area (Å²) >= 11 is 1.46. The number of ether oxygens (including phenoxy) is 1. The Labute approximate surface area is 105 Å². The number of benzene rings is 1. The van der Waals surface area contributed by atoms with Crippen molar-refractivity contribution < 1.29 is 14.6 Å². The second-order valence-corrected chi connectivity index (χ2v) is 4.26. The number of nitrogens with one attached hydrogen (secondary N) is 1. The SMILES string of the molecule is CCOc1ccc(NC(=O)CSC)cc1CO. The largest absolute Gasteiger partial charge is 0.494 e. The Morgan fingerprint density at radius 2 is 2.29 bits per heavy atom. The van der Waals surface area contributed by atoms with E-state index in [2.05, 4.69) is 5.32 Å². The lowest BCUT2D eigenvalue weighted by molar-refractivity contribution is -0.113. The van der Waals surface area contributed by atoms with Crippen LogP contribution >= 0.6 is 11.8 Å². The summed E-state index contributed by atoms with van der Waals surface area (Å²) in [7, 11) is 0. The molecule has 0 spiro atoms. The minimum atomic E-state index is -0.110. The topological polar surface area (TPSA) is 58.6 Å². The normalized spacial score (nSPS) is 10.1. The molecule has 0 saturated carbocycles. The van der Waals surface area contributed by atoms with Gasteiger partial charge in [-0.2, -0.15) is 11.8 Å². The summed E-state index contributed by atoms with van der Waals surface area (Å²) in [6.45, 7) is 2.32. The first-order chi connectivity index (χ1) is 8.21. The number of carbonyl (C=O) groups excluding carboxylic acids is 1. The zero-order chi connectivity index (χ0) is 12.7. The molecule has 0 aliphatic carbocycles. The van der Waals surface area contributed by atoms with Crippen LogP contribution in [0.2, 0.25) is 0 Å². The average Bonchev–Trinajstić information content (AvgIpc) is 2.31. The van der Waals surface area contributed by atoms with Crippen LogP contribution in [-0.2, 0) is 11.4 Å². The highest BCUT2D eigenvalue weighted by molar-refractivity contribution is 7.99. The van der Waals surface area contributed by atoms with Crippen LogP contribution < -0.4 is 10.1 Å². The molecule has 0 atom stereocenters. The first kappa shape index (κ1) is 13.9. The van der Waals surface area contributed by atoms with E-state index in [1.54, 1.807) is 18.2 Å². The highest BCUT2D eigenvalue weighted by Gasteiger charge is 2.06. The number of thioether (sulfide) groups is 1. The summed E-state index contributed by atoms with van der Waals surface area (Å²) in [6, 6.07) is 5.25. The van der Waals surface area contributed by atoms with E-state index < -0.39 is 0 Å². The van der Waals surface area contributed by atoms with E-state index in [1.165, 1.54) is 11.8 Å². The second-order valence-electron chi connectivity index (χ2n) is 3.39. The molecular weight excluding hydrogens is 238 g/mol. The van der Waals surface area contributed by atoms with Gasteiger partial charge in [0.1, 0.15) is 5.75 Å². The van der Waals surface area contributed by atoms with Crippen molar-refractivity contribution in [3.05, 3.63) is 23.8 Å². The second kappa shape index (κ2) is 7.19. The fourth-order valence-electron chi connectivity index (χ4n) is 1.41. The molecule has 5 heteroatoms. The maximum Gasteiger partial charge on any atom is 0.234 e. The number of carbonyl (C=O) groups is 1. The highest BCUT2D eigenvalue weighted by Crippen LogP contribution is 2.23. The smallest absolute Gasteiger partial charge is 0.234 e. The Kier molecular flexibility index (Phi) is 5.86. The van der Waals surface area contributed by atoms with Gasteiger partial charge >= 0.3 is 0 Å². The summed E-state index contributed by atoms with van der Waals surface area (Å²) in [4.78, 5) is 11.4. The van der Waals surface area contributed by atoms with Crippen LogP contribution in [0.1, 0.15) is 12.5 Å². The molecule has 1 aromatic carbocycles. The molecule has 2 N–H and O–H groups in total. The lowest BCUT2D eigenvalue weighted by Crippen LogP contribution is -2.14. The van der Waals surface area contributed by atoms with E-state index in [-0.39, 0.29) is 12.5 Å². The molecule has 0 aliphatic rings. The quantitative estimate of drug-likeness (QED) is 0.815. The molecule has 0 fully saturated rings. The predicted octanol–water partition coefficient (Wildman–Crippen LogP) is 1.88. The molecule has 0 saturated heterocycles. The Balaban J connectivity index is 2.78. The molecular formula is C12H17NO3S. The summed E-state index contributed by atoms with van der Waals surface area (Å²) < 4.78 is 5.36. The summed E-state index contributed by atoms with van der Waals surface area (Å²) in [5.41, 5.74) is 1.35. The molecule has 0 aliphatic heterocycles. The van der Waals surface area contributed by atoms with E-state index in [1.807, 2.05) is 13.2 Å². The zero-order valence-corrected chi connectivity index (χ0v) is 10.8. The third-order valence-electron chi connectivity index (χ3n) is 2.09. The number of aliphatic hydroxyl groups is 1. The molecule has 0 heterocycles. The highest BCUT2D eigenvalue weighted by atomic mass is 32.2.